The molecule has 1 aliphatic heterocycles. The van der Waals surface area contributed by atoms with Crippen LogP contribution in [-0.2, 0) is 4.79 Å². The molecule has 4 nitrogen and oxygen atoms in total. The van der Waals surface area contributed by atoms with Crippen LogP contribution in [-0.4, -0.2) is 35.3 Å². The predicted molar refractivity (Wildman–Crippen MR) is 63.5 cm³/mol. The molecule has 8 heteroatoms. The van der Waals surface area contributed by atoms with E-state index in [9.17, 15) is 22.8 Å². The van der Waals surface area contributed by atoms with Crippen LogP contribution in [0.1, 0.15) is 34.8 Å². The number of pyridine rings is 1. The number of nitrogens with zero attached hydrogens (tertiary/aromatic N) is 2. The van der Waals surface area contributed by atoms with Crippen molar-refractivity contribution in [3.05, 3.63) is 29.6 Å². The van der Waals surface area contributed by atoms with E-state index in [1.165, 1.54) is 23.4 Å². The van der Waals surface area contributed by atoms with Crippen molar-refractivity contribution in [1.82, 2.24) is 9.88 Å². The van der Waals surface area contributed by atoms with E-state index in [4.69, 9.17) is 0 Å². The van der Waals surface area contributed by atoms with Crippen LogP contribution in [0, 0.1) is 5.92 Å². The van der Waals surface area contributed by atoms with Gasteiger partial charge in [0.2, 0.25) is 0 Å². The van der Waals surface area contributed by atoms with Crippen molar-refractivity contribution >= 4 is 12.7 Å². The number of hydrogen-bond donors (Lipinski definition) is 0. The van der Waals surface area contributed by atoms with Gasteiger partial charge >= 0.3 is 6.18 Å². The Morgan fingerprint density at radius 1 is 1.43 bits per heavy atom. The topological polar surface area (TPSA) is 50.3 Å². The van der Waals surface area contributed by atoms with Gasteiger partial charge in [0.1, 0.15) is 0 Å². The molecular formula is C13H12F3FmN2O2-. The summed E-state index contributed by atoms with van der Waals surface area (Å²) in [7, 11) is 0. The molecule has 0 saturated carbocycles. The fourth-order valence-corrected chi connectivity index (χ4v) is 2.47. The summed E-state index contributed by atoms with van der Waals surface area (Å²) in [6, 6.07) is 0.601. The molecule has 0 spiro atoms. The second-order valence-electron chi connectivity index (χ2n) is 4.69. The third-order valence-electron chi connectivity index (χ3n) is 3.56. The zero-order valence-corrected chi connectivity index (χ0v) is 13.1. The Morgan fingerprint density at radius 2 is 2.14 bits per heavy atom. The monoisotopic (exact) mass is 542 g/mol. The van der Waals surface area contributed by atoms with Crippen molar-refractivity contribution in [1.29, 1.82) is 0 Å². The molecule has 0 radical (unpaired) electrons. The van der Waals surface area contributed by atoms with Gasteiger partial charge in [-0.3, -0.25) is 9.78 Å². The number of amides is 1. The molecule has 2 atom stereocenters. The average Bonchev–Trinajstić information content (AvgIpc) is 2.45. The molecule has 120 valence electrons. The number of rotatable bonds is 3. The zero-order chi connectivity index (χ0) is 14.8. The molecular weight excluding hydrogens is 530 g/mol. The van der Waals surface area contributed by atoms with Crippen molar-refractivity contribution in [2.75, 3.05) is 6.54 Å². The number of halogens is 3. The minimum Gasteiger partial charge on any atom is -0.520 e. The molecule has 1 aromatic rings. The smallest absolute Gasteiger partial charge is 0.391 e. The maximum atomic E-state index is 12.8. The van der Waals surface area contributed by atoms with Gasteiger partial charge in [-0.2, -0.15) is 19.6 Å². The zero-order valence-electron chi connectivity index (χ0n) is 10.7. The molecule has 0 aromatic carbocycles. The third-order valence-corrected chi connectivity index (χ3v) is 3.56. The molecule has 1 saturated heterocycles. The Kier molecular flexibility index (Phi) is 4.63. The minimum absolute atomic E-state index is 0. The first kappa shape index (κ1) is 16.1. The number of hydrogen-bond acceptors (Lipinski definition) is 3. The fraction of sp³-hybridized carbons (Fsp3) is 0.462. The predicted octanol–water partition coefficient (Wildman–Crippen LogP) is 2.28. The largest absolute Gasteiger partial charge is 0.520 e. The first-order valence-electron chi connectivity index (χ1n) is 6.07. The van der Waals surface area contributed by atoms with Gasteiger partial charge in [0.15, 0.2) is 6.29 Å². The first-order chi connectivity index (χ1) is 9.47. The van der Waals surface area contributed by atoms with Crippen molar-refractivity contribution in [2.45, 2.75) is 25.1 Å². The van der Waals surface area contributed by atoms with Crippen LogP contribution >= 0.6 is 0 Å². The van der Waals surface area contributed by atoms with Crippen molar-refractivity contribution in [3.8, 4) is 0 Å². The SMILES string of the molecule is O=[C-]N1CCC(C(F)(F)F)CC1c1cnccc1C=O.[Fm]. The molecule has 1 fully saturated rings. The second-order valence-corrected chi connectivity index (χ2v) is 4.69. The molecule has 0 aliphatic carbocycles. The maximum Gasteiger partial charge on any atom is 0.391 e. The van der Waals surface area contributed by atoms with Crippen LogP contribution in [0.15, 0.2) is 18.5 Å². The van der Waals surface area contributed by atoms with Gasteiger partial charge in [-0.15, -0.1) is 0 Å². The summed E-state index contributed by atoms with van der Waals surface area (Å²) in [5.74, 6) is -1.49. The quantitative estimate of drug-likeness (QED) is 0.436. The molecule has 2 unspecified atom stereocenters. The Morgan fingerprint density at radius 3 is 2.71 bits per heavy atom. The van der Waals surface area contributed by atoms with Crippen LogP contribution < -0.4 is 0 Å². The van der Waals surface area contributed by atoms with Gasteiger partial charge in [-0.1, -0.05) is 0 Å². The number of likely N-dealkylation sites (tertiary alicyclic amines) is 1. The van der Waals surface area contributed by atoms with Gasteiger partial charge in [-0.25, -0.2) is 0 Å². The van der Waals surface area contributed by atoms with Crippen molar-refractivity contribution < 1.29 is 22.8 Å². The Bertz CT molecular complexity index is 510. The second kappa shape index (κ2) is 6.02. The van der Waals surface area contributed by atoms with Crippen LogP contribution in [0.25, 0.3) is 0 Å². The number of aromatic nitrogens is 1. The number of alkyl halides is 3. The Balaban J connectivity index is 0.00000220. The van der Waals surface area contributed by atoms with Gasteiger partial charge in [0.25, 0.3) is 0 Å². The molecule has 1 amide bonds. The summed E-state index contributed by atoms with van der Waals surface area (Å²) in [5.41, 5.74) is 0.577. The van der Waals surface area contributed by atoms with Crippen LogP contribution in [0.5, 0.6) is 0 Å². The Labute approximate surface area is 113 Å². The summed E-state index contributed by atoms with van der Waals surface area (Å²) in [6.07, 6.45) is 0.185. The van der Waals surface area contributed by atoms with Crippen LogP contribution in [0.2, 0.25) is 0 Å². The van der Waals surface area contributed by atoms with E-state index in [0.29, 0.717) is 11.8 Å². The summed E-state index contributed by atoms with van der Waals surface area (Å²) in [6.45, 7) is -0.0362. The standard InChI is InChI=1S/C13H12F3N2O2.Fm/c14-13(15,16)10-2-4-18(8-20)12(5-10)11-6-17-3-1-9(11)7-19;/h1,3,6-7,10,12H,2,4-5H2;/q-1;. The number of carbonyl (C=O) groups is 1. The number of piperidine rings is 1. The normalized spacial score (nSPS) is 22.3. The minimum atomic E-state index is -4.31. The van der Waals surface area contributed by atoms with Gasteiger partial charge in [0, 0.05) is 29.6 Å². The van der Waals surface area contributed by atoms with Gasteiger partial charge in [0.05, 0.1) is 5.92 Å². The van der Waals surface area contributed by atoms with Crippen LogP contribution in [0.4, 0.5) is 13.2 Å². The molecule has 1 aromatic heterocycles. The van der Waals surface area contributed by atoms with E-state index in [-0.39, 0.29) is 24.9 Å². The first-order valence-corrected chi connectivity index (χ1v) is 6.07. The van der Waals surface area contributed by atoms with Crippen molar-refractivity contribution in [2.24, 2.45) is 5.92 Å². The number of aldehydes is 1. The average molecular weight is 542 g/mol. The van der Waals surface area contributed by atoms with E-state index in [0.717, 1.165) is 0 Å². The van der Waals surface area contributed by atoms with Crippen molar-refractivity contribution in [3.63, 3.8) is 0 Å². The van der Waals surface area contributed by atoms with Gasteiger partial charge < -0.3 is 9.69 Å². The van der Waals surface area contributed by atoms with E-state index >= 15 is 0 Å². The maximum absolute atomic E-state index is 12.8. The summed E-state index contributed by atoms with van der Waals surface area (Å²) in [4.78, 5) is 26.9. The molecule has 0 bridgehead atoms. The molecule has 0 N–H and O–H groups in total. The third kappa shape index (κ3) is 3.16. The van der Waals surface area contributed by atoms with E-state index < -0.39 is 18.1 Å². The van der Waals surface area contributed by atoms with Crippen LogP contribution in [0.3, 0.4) is 0 Å². The summed E-state index contributed by atoms with van der Waals surface area (Å²) in [5, 5.41) is 0. The molecule has 2 heterocycles. The summed E-state index contributed by atoms with van der Waals surface area (Å²) < 4.78 is 38.5. The van der Waals surface area contributed by atoms with E-state index in [1.807, 2.05) is 0 Å². The Hall–Kier alpha value is -2.92. The molecule has 2 rings (SSSR count). The molecule has 21 heavy (non-hydrogen) atoms. The number of carbonyl (C=O) groups excluding carboxylic acids is 2. The van der Waals surface area contributed by atoms with E-state index in [2.05, 4.69) is 4.98 Å². The fourth-order valence-electron chi connectivity index (χ4n) is 2.47. The van der Waals surface area contributed by atoms with Gasteiger partial charge in [-0.05, 0) is 25.5 Å². The van der Waals surface area contributed by atoms with E-state index in [1.54, 1.807) is 6.41 Å². The molecule has 1 aliphatic rings. The summed E-state index contributed by atoms with van der Waals surface area (Å²) >= 11 is 0.